The van der Waals surface area contributed by atoms with Crippen LogP contribution in [-0.4, -0.2) is 28.9 Å². The predicted octanol–water partition coefficient (Wildman–Crippen LogP) is 2.52. The first-order chi connectivity index (χ1) is 13.6. The zero-order valence-corrected chi connectivity index (χ0v) is 17.5. The number of nitrogens with one attached hydrogen (secondary N) is 1. The summed E-state index contributed by atoms with van der Waals surface area (Å²) in [5.41, 5.74) is 1.29. The van der Waals surface area contributed by atoms with Gasteiger partial charge >= 0.3 is 0 Å². The van der Waals surface area contributed by atoms with E-state index in [4.69, 9.17) is 9.73 Å². The molecular weight excluding hydrogens is 440 g/mol. The van der Waals surface area contributed by atoms with E-state index in [0.29, 0.717) is 22.4 Å². The summed E-state index contributed by atoms with van der Waals surface area (Å²) in [7, 11) is 1.62. The lowest BCUT2D eigenvalue weighted by molar-refractivity contribution is -0.116. The van der Waals surface area contributed by atoms with Gasteiger partial charge in [0.1, 0.15) is 11.4 Å². The smallest absolute Gasteiger partial charge is 0.276 e. The minimum atomic E-state index is -0.525. The molecule has 142 valence electrons. The van der Waals surface area contributed by atoms with E-state index >= 15 is 0 Å². The molecular formula is C20H17BrN4O2S. The molecule has 0 radical (unpaired) electrons. The van der Waals surface area contributed by atoms with Gasteiger partial charge in [-0.1, -0.05) is 52.0 Å². The molecule has 4 rings (SSSR count). The van der Waals surface area contributed by atoms with E-state index < -0.39 is 6.17 Å². The third-order valence-electron chi connectivity index (χ3n) is 4.32. The number of hydrogen-bond acceptors (Lipinski definition) is 6. The molecule has 2 aromatic carbocycles. The van der Waals surface area contributed by atoms with Crippen molar-refractivity contribution in [2.24, 2.45) is 10.1 Å². The second kappa shape index (κ2) is 7.81. The van der Waals surface area contributed by atoms with Gasteiger partial charge in [0.25, 0.3) is 5.91 Å². The third kappa shape index (κ3) is 3.33. The molecule has 2 aliphatic heterocycles. The molecule has 1 atom stereocenters. The Balaban J connectivity index is 1.95. The minimum Gasteiger partial charge on any atom is -0.496 e. The molecule has 1 amide bonds. The molecule has 0 aliphatic carbocycles. The number of methoxy groups -OCH3 is 1. The van der Waals surface area contributed by atoms with Crippen molar-refractivity contribution >= 4 is 44.5 Å². The summed E-state index contributed by atoms with van der Waals surface area (Å²) < 4.78 is 6.45. The standard InChI is InChI=1S/C20H17BrN4O2S/c1-3-10-28-20-23-19(26)17-13-6-4-5-7-15(13)22-18(25(17)24-20)14-11-12(21)8-9-16(14)27-2/h3-9,11,18H,1,10H2,2H3,(H,23,24,26)/t18-/m1/s1. The molecule has 0 saturated heterocycles. The normalized spacial score (nSPS) is 17.7. The number of ether oxygens (including phenoxy) is 1. The Morgan fingerprint density at radius 3 is 2.96 bits per heavy atom. The molecule has 0 fully saturated rings. The number of rotatable bonds is 4. The maximum Gasteiger partial charge on any atom is 0.276 e. The average Bonchev–Trinajstić information content (AvgIpc) is 2.71. The number of para-hydroxylation sites is 1. The van der Waals surface area contributed by atoms with E-state index in [9.17, 15) is 4.79 Å². The largest absolute Gasteiger partial charge is 0.496 e. The molecule has 0 saturated carbocycles. The molecule has 0 spiro atoms. The van der Waals surface area contributed by atoms with Gasteiger partial charge in [-0.15, -0.1) is 11.7 Å². The number of amides is 1. The molecule has 1 N–H and O–H groups in total. The number of fused-ring (bicyclic) bond motifs is 2. The summed E-state index contributed by atoms with van der Waals surface area (Å²) >= 11 is 4.93. The highest BCUT2D eigenvalue weighted by Gasteiger charge is 2.35. The van der Waals surface area contributed by atoms with Crippen LogP contribution in [0.1, 0.15) is 11.7 Å². The number of amidine groups is 1. The van der Waals surface area contributed by atoms with Crippen LogP contribution in [0.2, 0.25) is 0 Å². The lowest BCUT2D eigenvalue weighted by Crippen LogP contribution is -2.50. The van der Waals surface area contributed by atoms with Gasteiger partial charge in [0.05, 0.1) is 12.5 Å². The van der Waals surface area contributed by atoms with Crippen LogP contribution in [0.5, 0.6) is 5.75 Å². The van der Waals surface area contributed by atoms with Crippen LogP contribution in [0.4, 0.5) is 0 Å². The van der Waals surface area contributed by atoms with Crippen LogP contribution < -0.4 is 20.6 Å². The Labute approximate surface area is 174 Å². The van der Waals surface area contributed by atoms with E-state index in [1.54, 1.807) is 18.2 Å². The van der Waals surface area contributed by atoms with Gasteiger partial charge in [0, 0.05) is 21.0 Å². The van der Waals surface area contributed by atoms with Gasteiger partial charge in [-0.05, 0) is 24.3 Å². The second-order valence-electron chi connectivity index (χ2n) is 6.06. The summed E-state index contributed by atoms with van der Waals surface area (Å²) in [4.78, 5) is 17.9. The fraction of sp³-hybridized carbons (Fsp3) is 0.150. The summed E-state index contributed by atoms with van der Waals surface area (Å²) in [5, 5.41) is 11.2. The molecule has 2 aromatic rings. The van der Waals surface area contributed by atoms with Crippen LogP contribution in [0.15, 0.2) is 69.7 Å². The molecule has 2 aliphatic rings. The van der Waals surface area contributed by atoms with E-state index in [1.165, 1.54) is 11.8 Å². The molecule has 0 unspecified atom stereocenters. The maximum atomic E-state index is 13.0. The maximum absolute atomic E-state index is 13.0. The van der Waals surface area contributed by atoms with Crippen molar-refractivity contribution in [1.29, 1.82) is 0 Å². The predicted molar refractivity (Wildman–Crippen MR) is 114 cm³/mol. The average molecular weight is 457 g/mol. The Morgan fingerprint density at radius 2 is 2.18 bits per heavy atom. The van der Waals surface area contributed by atoms with Crippen molar-refractivity contribution in [1.82, 2.24) is 10.3 Å². The van der Waals surface area contributed by atoms with Gasteiger partial charge in [0.2, 0.25) is 0 Å². The number of hydrogen-bond donors (Lipinski definition) is 1. The number of thioether (sulfide) groups is 1. The first kappa shape index (κ1) is 18.8. The number of carbonyl (C=O) groups is 1. The number of nitrogens with zero attached hydrogens (tertiary/aromatic N) is 3. The highest BCUT2D eigenvalue weighted by Crippen LogP contribution is 2.36. The lowest BCUT2D eigenvalue weighted by Gasteiger charge is -2.34. The second-order valence-corrected chi connectivity index (χ2v) is 7.98. The fourth-order valence-corrected chi connectivity index (χ4v) is 4.10. The van der Waals surface area contributed by atoms with Crippen molar-refractivity contribution in [3.05, 3.63) is 75.7 Å². The number of benzene rings is 2. The topological polar surface area (TPSA) is 66.3 Å². The molecule has 28 heavy (non-hydrogen) atoms. The van der Waals surface area contributed by atoms with Gasteiger partial charge in [0.15, 0.2) is 11.3 Å². The summed E-state index contributed by atoms with van der Waals surface area (Å²) in [6.45, 7) is 3.72. The van der Waals surface area contributed by atoms with E-state index in [0.717, 1.165) is 20.6 Å². The molecule has 8 heteroatoms. The monoisotopic (exact) mass is 456 g/mol. The zero-order chi connectivity index (χ0) is 19.7. The Hall–Kier alpha value is -2.58. The first-order valence-electron chi connectivity index (χ1n) is 8.56. The highest BCUT2D eigenvalue weighted by atomic mass is 79.9. The lowest BCUT2D eigenvalue weighted by atomic mass is 10.1. The number of carbonyl (C=O) groups excluding carboxylic acids is 1. The van der Waals surface area contributed by atoms with Gasteiger partial charge in [-0.3, -0.25) is 15.1 Å². The van der Waals surface area contributed by atoms with E-state index in [1.807, 2.05) is 42.5 Å². The van der Waals surface area contributed by atoms with Gasteiger partial charge < -0.3 is 4.74 Å². The van der Waals surface area contributed by atoms with E-state index in [-0.39, 0.29) is 5.91 Å². The highest BCUT2D eigenvalue weighted by molar-refractivity contribution is 9.10. The summed E-state index contributed by atoms with van der Waals surface area (Å²) in [5.74, 6) is 1.11. The van der Waals surface area contributed by atoms with Crippen molar-refractivity contribution < 1.29 is 9.53 Å². The van der Waals surface area contributed by atoms with Gasteiger partial charge in [-0.25, -0.2) is 5.01 Å². The van der Waals surface area contributed by atoms with Crippen LogP contribution in [-0.2, 0) is 4.79 Å². The molecule has 2 heterocycles. The fourth-order valence-electron chi connectivity index (χ4n) is 3.14. The van der Waals surface area contributed by atoms with Crippen LogP contribution in [0.25, 0.3) is 5.70 Å². The van der Waals surface area contributed by atoms with Gasteiger partial charge in [-0.2, -0.15) is 0 Å². The summed E-state index contributed by atoms with van der Waals surface area (Å²) in [6, 6.07) is 13.3. The summed E-state index contributed by atoms with van der Waals surface area (Å²) in [6.07, 6.45) is 1.24. The van der Waals surface area contributed by atoms with Crippen LogP contribution >= 0.6 is 27.7 Å². The quantitative estimate of drug-likeness (QED) is 0.717. The molecule has 6 nitrogen and oxygen atoms in total. The van der Waals surface area contributed by atoms with Crippen molar-refractivity contribution in [2.75, 3.05) is 12.9 Å². The number of halogens is 1. The van der Waals surface area contributed by atoms with E-state index in [2.05, 4.69) is 32.9 Å². The Morgan fingerprint density at radius 1 is 1.36 bits per heavy atom. The zero-order valence-electron chi connectivity index (χ0n) is 15.1. The first-order valence-corrected chi connectivity index (χ1v) is 10.3. The van der Waals surface area contributed by atoms with Crippen molar-refractivity contribution in [3.63, 3.8) is 0 Å². The molecule has 0 aromatic heterocycles. The third-order valence-corrected chi connectivity index (χ3v) is 5.68. The molecule has 0 bridgehead atoms. The Kier molecular flexibility index (Phi) is 5.23. The van der Waals surface area contributed by atoms with Crippen molar-refractivity contribution in [3.8, 4) is 5.75 Å². The van der Waals surface area contributed by atoms with Crippen LogP contribution in [0, 0.1) is 0 Å². The van der Waals surface area contributed by atoms with Crippen molar-refractivity contribution in [2.45, 2.75) is 6.17 Å². The number of hydrazone groups is 1. The minimum absolute atomic E-state index is 0.206. The Bertz CT molecular complexity index is 1120. The SMILES string of the molecule is C=CCSC1=NN2C(=c3ccccc3=N[C@H]2c2cc(Br)ccc2OC)C(=O)N1. The van der Waals surface area contributed by atoms with Crippen LogP contribution in [0.3, 0.4) is 0 Å².